The summed E-state index contributed by atoms with van der Waals surface area (Å²) in [6.45, 7) is 7.13. The quantitative estimate of drug-likeness (QED) is 0.781. The van der Waals surface area contributed by atoms with Crippen LogP contribution >= 0.6 is 0 Å². The third-order valence-corrected chi connectivity index (χ3v) is 2.01. The van der Waals surface area contributed by atoms with E-state index >= 15 is 0 Å². The van der Waals surface area contributed by atoms with E-state index in [0.29, 0.717) is 0 Å². The Bertz CT molecular complexity index is 465. The van der Waals surface area contributed by atoms with Gasteiger partial charge in [0.2, 0.25) is 0 Å². The van der Waals surface area contributed by atoms with Crippen LogP contribution in [0.4, 0.5) is 10.6 Å². The van der Waals surface area contributed by atoms with Gasteiger partial charge in [-0.3, -0.25) is 5.32 Å². The Balaban J connectivity index is 2.89. The smallest absolute Gasteiger partial charge is 0.413 e. The average Bonchev–Trinajstić information content (AvgIpc) is 2.70. The van der Waals surface area contributed by atoms with Crippen molar-refractivity contribution in [1.82, 2.24) is 9.78 Å². The summed E-state index contributed by atoms with van der Waals surface area (Å²) in [7, 11) is 0. The zero-order valence-electron chi connectivity index (χ0n) is 10.2. The van der Waals surface area contributed by atoms with E-state index in [4.69, 9.17) is 9.84 Å². The van der Waals surface area contributed by atoms with E-state index in [-0.39, 0.29) is 24.2 Å². The molecule has 0 unspecified atom stereocenters. The van der Waals surface area contributed by atoms with Gasteiger partial charge in [-0.1, -0.05) is 12.7 Å². The van der Waals surface area contributed by atoms with Crippen LogP contribution in [-0.4, -0.2) is 33.6 Å². The van der Waals surface area contributed by atoms with Crippen LogP contribution in [0, 0.1) is 0 Å². The molecule has 0 spiro atoms. The van der Waals surface area contributed by atoms with E-state index < -0.39 is 12.1 Å². The molecular weight excluding hydrogens is 238 g/mol. The molecule has 0 saturated carbocycles. The number of carboxylic acids is 1. The summed E-state index contributed by atoms with van der Waals surface area (Å²) in [5.74, 6) is -0.881. The number of hydrogen-bond donors (Lipinski definition) is 2. The molecule has 0 radical (unpaired) electrons. The molecule has 1 heterocycles. The maximum Gasteiger partial charge on any atom is 0.413 e. The second-order valence-corrected chi connectivity index (χ2v) is 3.77. The molecule has 0 atom stereocenters. The van der Waals surface area contributed by atoms with Gasteiger partial charge in [0.25, 0.3) is 0 Å². The van der Waals surface area contributed by atoms with Gasteiger partial charge in [0, 0.05) is 12.1 Å². The number of aromatic carboxylic acids is 1. The molecule has 0 aromatic carbocycles. The van der Waals surface area contributed by atoms with Gasteiger partial charge in [-0.2, -0.15) is 5.10 Å². The van der Waals surface area contributed by atoms with Crippen LogP contribution in [0.3, 0.4) is 0 Å². The van der Waals surface area contributed by atoms with Gasteiger partial charge in [0.1, 0.15) is 12.4 Å². The number of hydrogen-bond acceptors (Lipinski definition) is 4. The second-order valence-electron chi connectivity index (χ2n) is 3.77. The lowest BCUT2D eigenvalue weighted by Gasteiger charge is -2.11. The Morgan fingerprint density at radius 3 is 2.83 bits per heavy atom. The molecule has 1 rings (SSSR count). The molecular formula is C11H15N3O4. The number of nitrogens with one attached hydrogen (secondary N) is 1. The molecule has 0 aliphatic heterocycles. The van der Waals surface area contributed by atoms with Gasteiger partial charge < -0.3 is 9.84 Å². The van der Waals surface area contributed by atoms with Crippen LogP contribution in [-0.2, 0) is 4.74 Å². The monoisotopic (exact) mass is 253 g/mol. The molecule has 1 aromatic rings. The lowest BCUT2D eigenvalue weighted by Crippen LogP contribution is -2.17. The maximum absolute atomic E-state index is 11.4. The normalized spacial score (nSPS) is 10.2. The summed E-state index contributed by atoms with van der Waals surface area (Å²) in [6.07, 6.45) is 0.746. The standard InChI is InChI=1S/C11H15N3O4/c1-4-5-18-11(17)12-9-6-8(10(15)16)13-14(9)7(2)3/h4,6-7H,1,5H2,2-3H3,(H,12,17)(H,15,16). The summed E-state index contributed by atoms with van der Waals surface area (Å²) >= 11 is 0. The minimum Gasteiger partial charge on any atom is -0.476 e. The van der Waals surface area contributed by atoms with Crippen molar-refractivity contribution < 1.29 is 19.4 Å². The van der Waals surface area contributed by atoms with Crippen LogP contribution in [0.5, 0.6) is 0 Å². The van der Waals surface area contributed by atoms with Crippen LogP contribution in [0.2, 0.25) is 0 Å². The number of rotatable bonds is 5. The van der Waals surface area contributed by atoms with Crippen molar-refractivity contribution in [3.63, 3.8) is 0 Å². The predicted molar refractivity (Wildman–Crippen MR) is 64.7 cm³/mol. The molecule has 1 aromatic heterocycles. The summed E-state index contributed by atoms with van der Waals surface area (Å²) in [5, 5.41) is 15.1. The fraction of sp³-hybridized carbons (Fsp3) is 0.364. The molecule has 18 heavy (non-hydrogen) atoms. The minimum atomic E-state index is -1.16. The number of carbonyl (C=O) groups is 2. The number of amides is 1. The van der Waals surface area contributed by atoms with Crippen LogP contribution < -0.4 is 5.32 Å². The summed E-state index contributed by atoms with van der Waals surface area (Å²) in [5.41, 5.74) is -0.136. The van der Waals surface area contributed by atoms with Crippen molar-refractivity contribution in [1.29, 1.82) is 0 Å². The molecule has 0 aliphatic carbocycles. The summed E-state index contributed by atoms with van der Waals surface area (Å²) < 4.78 is 6.14. The second kappa shape index (κ2) is 5.85. The zero-order chi connectivity index (χ0) is 13.7. The van der Waals surface area contributed by atoms with Gasteiger partial charge in [-0.05, 0) is 13.8 Å². The van der Waals surface area contributed by atoms with Gasteiger partial charge in [0.15, 0.2) is 5.69 Å². The van der Waals surface area contributed by atoms with Crippen LogP contribution in [0.25, 0.3) is 0 Å². The Hall–Kier alpha value is -2.31. The largest absolute Gasteiger partial charge is 0.476 e. The van der Waals surface area contributed by atoms with Crippen molar-refractivity contribution in [3.8, 4) is 0 Å². The van der Waals surface area contributed by atoms with E-state index in [0.717, 1.165) is 0 Å². The third-order valence-electron chi connectivity index (χ3n) is 2.01. The topological polar surface area (TPSA) is 93.4 Å². The number of carboxylic acid groups (broad SMARTS) is 1. The van der Waals surface area contributed by atoms with Crippen LogP contribution in [0.1, 0.15) is 30.4 Å². The first-order valence-corrected chi connectivity index (χ1v) is 5.33. The fourth-order valence-electron chi connectivity index (χ4n) is 1.26. The van der Waals surface area contributed by atoms with Gasteiger partial charge >= 0.3 is 12.1 Å². The van der Waals surface area contributed by atoms with Crippen molar-refractivity contribution in [2.75, 3.05) is 11.9 Å². The van der Waals surface area contributed by atoms with Gasteiger partial charge in [0.05, 0.1) is 0 Å². The summed E-state index contributed by atoms with van der Waals surface area (Å²) in [4.78, 5) is 22.2. The lowest BCUT2D eigenvalue weighted by molar-refractivity contribution is 0.0689. The highest BCUT2D eigenvalue weighted by molar-refractivity contribution is 5.89. The first-order valence-electron chi connectivity index (χ1n) is 5.33. The molecule has 7 heteroatoms. The van der Waals surface area contributed by atoms with Crippen molar-refractivity contribution >= 4 is 17.9 Å². The molecule has 98 valence electrons. The Morgan fingerprint density at radius 1 is 1.67 bits per heavy atom. The van der Waals surface area contributed by atoms with E-state index in [1.807, 2.05) is 13.8 Å². The van der Waals surface area contributed by atoms with Gasteiger partial charge in [-0.25, -0.2) is 14.3 Å². The number of anilines is 1. The lowest BCUT2D eigenvalue weighted by atomic mass is 10.4. The van der Waals surface area contributed by atoms with Crippen LogP contribution in [0.15, 0.2) is 18.7 Å². The number of carbonyl (C=O) groups excluding carboxylic acids is 1. The molecule has 7 nitrogen and oxygen atoms in total. The fourth-order valence-corrected chi connectivity index (χ4v) is 1.26. The first kappa shape index (κ1) is 13.8. The Labute approximate surface area is 104 Å². The summed E-state index contributed by atoms with van der Waals surface area (Å²) in [6, 6.07) is 1.19. The first-order chi connectivity index (χ1) is 8.45. The molecule has 2 N–H and O–H groups in total. The van der Waals surface area contributed by atoms with Gasteiger partial charge in [-0.15, -0.1) is 0 Å². The Morgan fingerprint density at radius 2 is 2.33 bits per heavy atom. The number of nitrogens with zero attached hydrogens (tertiary/aromatic N) is 2. The number of ether oxygens (including phenoxy) is 1. The molecule has 0 aliphatic rings. The molecule has 0 saturated heterocycles. The maximum atomic E-state index is 11.4. The third kappa shape index (κ3) is 3.34. The van der Waals surface area contributed by atoms with E-state index in [9.17, 15) is 9.59 Å². The highest BCUT2D eigenvalue weighted by Gasteiger charge is 2.17. The number of aromatic nitrogens is 2. The Kier molecular flexibility index (Phi) is 4.47. The highest BCUT2D eigenvalue weighted by Crippen LogP contribution is 2.16. The van der Waals surface area contributed by atoms with E-state index in [2.05, 4.69) is 17.0 Å². The molecule has 1 amide bonds. The predicted octanol–water partition coefficient (Wildman–Crippen LogP) is 1.90. The van der Waals surface area contributed by atoms with E-state index in [1.54, 1.807) is 0 Å². The minimum absolute atomic E-state index is 0.0768. The van der Waals surface area contributed by atoms with E-state index in [1.165, 1.54) is 16.8 Å². The molecule has 0 bridgehead atoms. The van der Waals surface area contributed by atoms with Crippen molar-refractivity contribution in [2.24, 2.45) is 0 Å². The SMILES string of the molecule is C=CCOC(=O)Nc1cc(C(=O)O)nn1C(C)C. The highest BCUT2D eigenvalue weighted by atomic mass is 16.5. The zero-order valence-corrected chi connectivity index (χ0v) is 10.2. The van der Waals surface area contributed by atoms with Crippen molar-refractivity contribution in [3.05, 3.63) is 24.4 Å². The van der Waals surface area contributed by atoms with Crippen molar-refractivity contribution in [2.45, 2.75) is 19.9 Å². The molecule has 0 fully saturated rings. The average molecular weight is 253 g/mol.